The maximum Gasteiger partial charge on any atom is 0.300 e. The number of hydrogen-bond donors (Lipinski definition) is 3. The molecule has 5 N–H and O–H groups in total. The number of nitrogens with zero attached hydrogens (tertiary/aromatic N) is 1. The highest BCUT2D eigenvalue weighted by atomic mass is 16.4. The average molecular weight is 252 g/mol. The molecule has 1 amide bonds. The third kappa shape index (κ3) is 2.72. The van der Waals surface area contributed by atoms with Crippen LogP contribution in [0.4, 0.5) is 0 Å². The topological polar surface area (TPSA) is 97.5 Å². The van der Waals surface area contributed by atoms with Crippen molar-refractivity contribution >= 4 is 5.91 Å². The lowest BCUT2D eigenvalue weighted by molar-refractivity contribution is 0.0924. The molecule has 2 heterocycles. The molecular formula is C12H20N4O2. The number of rotatable bonds is 4. The van der Waals surface area contributed by atoms with Gasteiger partial charge in [-0.05, 0) is 38.4 Å². The fraction of sp³-hybridized carbons (Fsp3) is 0.583. The van der Waals surface area contributed by atoms with E-state index in [0.29, 0.717) is 5.92 Å². The van der Waals surface area contributed by atoms with Gasteiger partial charge in [-0.1, -0.05) is 0 Å². The van der Waals surface area contributed by atoms with Crippen LogP contribution in [0.25, 0.3) is 0 Å². The first kappa shape index (κ1) is 13.1. The van der Waals surface area contributed by atoms with Crippen molar-refractivity contribution in [3.05, 3.63) is 23.2 Å². The van der Waals surface area contributed by atoms with Crippen molar-refractivity contribution in [3.63, 3.8) is 0 Å². The molecule has 0 radical (unpaired) electrons. The Morgan fingerprint density at radius 2 is 2.44 bits per heavy atom. The van der Waals surface area contributed by atoms with E-state index in [1.165, 1.54) is 0 Å². The van der Waals surface area contributed by atoms with Crippen molar-refractivity contribution in [2.75, 3.05) is 19.6 Å². The third-order valence-corrected chi connectivity index (χ3v) is 3.47. The normalized spacial score (nSPS) is 20.3. The van der Waals surface area contributed by atoms with Crippen LogP contribution in [0.15, 0.2) is 10.5 Å². The number of carbonyl (C=O) groups excluding carboxylic acids is 1. The van der Waals surface area contributed by atoms with Crippen molar-refractivity contribution in [2.45, 2.75) is 19.9 Å². The zero-order chi connectivity index (χ0) is 13.1. The Morgan fingerprint density at radius 1 is 1.67 bits per heavy atom. The summed E-state index contributed by atoms with van der Waals surface area (Å²) in [7, 11) is 0. The summed E-state index contributed by atoms with van der Waals surface area (Å²) in [5, 5.41) is 0. The van der Waals surface area contributed by atoms with Crippen LogP contribution in [0, 0.1) is 12.8 Å². The van der Waals surface area contributed by atoms with Crippen LogP contribution in [0.1, 0.15) is 28.3 Å². The summed E-state index contributed by atoms with van der Waals surface area (Å²) in [6.07, 6.45) is 1.14. The van der Waals surface area contributed by atoms with Crippen molar-refractivity contribution in [1.29, 1.82) is 0 Å². The standard InChI is InChI=1S/C12H20N4O2/c1-8-10(4-11(18-8)12(17)15-14)7-16-3-2-9(5-13)6-16/h4,9H,2-3,5-7,13-14H2,1H3,(H,15,17). The second kappa shape index (κ2) is 5.51. The summed E-state index contributed by atoms with van der Waals surface area (Å²) in [5.74, 6) is 6.30. The van der Waals surface area contributed by atoms with Crippen molar-refractivity contribution in [2.24, 2.45) is 17.5 Å². The molecule has 1 aliphatic heterocycles. The number of aryl methyl sites for hydroxylation is 1. The Kier molecular flexibility index (Phi) is 4.00. The summed E-state index contributed by atoms with van der Waals surface area (Å²) >= 11 is 0. The van der Waals surface area contributed by atoms with Gasteiger partial charge in [-0.3, -0.25) is 15.1 Å². The lowest BCUT2D eigenvalue weighted by Gasteiger charge is -2.14. The molecule has 0 aliphatic carbocycles. The smallest absolute Gasteiger partial charge is 0.300 e. The second-order valence-electron chi connectivity index (χ2n) is 4.79. The number of hydrazine groups is 1. The van der Waals surface area contributed by atoms with Crippen LogP contribution < -0.4 is 17.0 Å². The largest absolute Gasteiger partial charge is 0.456 e. The van der Waals surface area contributed by atoms with E-state index in [0.717, 1.165) is 43.9 Å². The molecule has 18 heavy (non-hydrogen) atoms. The number of nitrogen functional groups attached to an aromatic ring is 1. The molecule has 0 aromatic carbocycles. The predicted octanol–water partition coefficient (Wildman–Crippen LogP) is -0.0279. The van der Waals surface area contributed by atoms with Gasteiger partial charge in [0.05, 0.1) is 0 Å². The van der Waals surface area contributed by atoms with Crippen molar-refractivity contribution < 1.29 is 9.21 Å². The highest BCUT2D eigenvalue weighted by molar-refractivity contribution is 5.91. The van der Waals surface area contributed by atoms with Crippen LogP contribution in [0.2, 0.25) is 0 Å². The van der Waals surface area contributed by atoms with Gasteiger partial charge in [0.1, 0.15) is 5.76 Å². The van der Waals surface area contributed by atoms with E-state index in [4.69, 9.17) is 16.0 Å². The number of amides is 1. The molecule has 2 rings (SSSR count). The summed E-state index contributed by atoms with van der Waals surface area (Å²) < 4.78 is 5.39. The van der Waals surface area contributed by atoms with Crippen LogP contribution in [0.3, 0.4) is 0 Å². The van der Waals surface area contributed by atoms with Crippen LogP contribution in [-0.4, -0.2) is 30.4 Å². The van der Waals surface area contributed by atoms with Gasteiger partial charge in [0.15, 0.2) is 5.76 Å². The van der Waals surface area contributed by atoms with Gasteiger partial charge < -0.3 is 10.2 Å². The number of nitrogens with one attached hydrogen (secondary N) is 1. The van der Waals surface area contributed by atoms with E-state index in [1.807, 2.05) is 6.92 Å². The van der Waals surface area contributed by atoms with Gasteiger partial charge in [0, 0.05) is 18.7 Å². The molecule has 0 saturated carbocycles. The molecular weight excluding hydrogens is 232 g/mol. The Morgan fingerprint density at radius 3 is 3.06 bits per heavy atom. The number of furan rings is 1. The Hall–Kier alpha value is -1.37. The Labute approximate surface area is 106 Å². The number of likely N-dealkylation sites (tertiary alicyclic amines) is 1. The maximum atomic E-state index is 11.4. The monoisotopic (exact) mass is 252 g/mol. The number of nitrogens with two attached hydrogens (primary N) is 2. The highest BCUT2D eigenvalue weighted by Gasteiger charge is 2.23. The molecule has 1 aromatic rings. The van der Waals surface area contributed by atoms with E-state index < -0.39 is 5.91 Å². The quantitative estimate of drug-likeness (QED) is 0.397. The average Bonchev–Trinajstić information content (AvgIpc) is 2.96. The van der Waals surface area contributed by atoms with Gasteiger partial charge in [-0.15, -0.1) is 0 Å². The predicted molar refractivity (Wildman–Crippen MR) is 67.5 cm³/mol. The minimum absolute atomic E-state index is 0.263. The first-order valence-corrected chi connectivity index (χ1v) is 6.16. The van der Waals surface area contributed by atoms with E-state index >= 15 is 0 Å². The zero-order valence-electron chi connectivity index (χ0n) is 10.6. The molecule has 1 fully saturated rings. The lowest BCUT2D eigenvalue weighted by atomic mass is 10.1. The van der Waals surface area contributed by atoms with Gasteiger partial charge in [0.25, 0.3) is 0 Å². The van der Waals surface area contributed by atoms with Gasteiger partial charge >= 0.3 is 5.91 Å². The Balaban J connectivity index is 2.01. The molecule has 1 aliphatic rings. The third-order valence-electron chi connectivity index (χ3n) is 3.47. The Bertz CT molecular complexity index is 430. The first-order chi connectivity index (χ1) is 8.63. The van der Waals surface area contributed by atoms with Crippen LogP contribution in [-0.2, 0) is 6.54 Å². The zero-order valence-corrected chi connectivity index (χ0v) is 10.6. The first-order valence-electron chi connectivity index (χ1n) is 6.16. The van der Waals surface area contributed by atoms with Gasteiger partial charge in [0.2, 0.25) is 0 Å². The molecule has 0 spiro atoms. The maximum absolute atomic E-state index is 11.4. The minimum atomic E-state index is -0.398. The van der Waals surface area contributed by atoms with E-state index in [1.54, 1.807) is 6.07 Å². The SMILES string of the molecule is Cc1oc(C(=O)NN)cc1CN1CCC(CN)C1. The molecule has 1 saturated heterocycles. The van der Waals surface area contributed by atoms with E-state index in [2.05, 4.69) is 10.3 Å². The molecule has 0 bridgehead atoms. The lowest BCUT2D eigenvalue weighted by Crippen LogP contribution is -2.29. The van der Waals surface area contributed by atoms with Crippen molar-refractivity contribution in [1.82, 2.24) is 10.3 Å². The van der Waals surface area contributed by atoms with E-state index in [9.17, 15) is 4.79 Å². The molecule has 1 aromatic heterocycles. The van der Waals surface area contributed by atoms with Crippen LogP contribution in [0.5, 0.6) is 0 Å². The number of hydrogen-bond acceptors (Lipinski definition) is 5. The van der Waals surface area contributed by atoms with E-state index in [-0.39, 0.29) is 5.76 Å². The summed E-state index contributed by atoms with van der Waals surface area (Å²) in [6.45, 7) is 5.45. The molecule has 6 heteroatoms. The van der Waals surface area contributed by atoms with Gasteiger partial charge in [-0.2, -0.15) is 0 Å². The summed E-state index contributed by atoms with van der Waals surface area (Å²) in [6, 6.07) is 1.76. The molecule has 100 valence electrons. The number of carbonyl (C=O) groups is 1. The molecule has 1 unspecified atom stereocenters. The minimum Gasteiger partial charge on any atom is -0.456 e. The highest BCUT2D eigenvalue weighted by Crippen LogP contribution is 2.21. The van der Waals surface area contributed by atoms with Gasteiger partial charge in [-0.25, -0.2) is 5.84 Å². The molecule has 6 nitrogen and oxygen atoms in total. The fourth-order valence-electron chi connectivity index (χ4n) is 2.35. The fourth-order valence-corrected chi connectivity index (χ4v) is 2.35. The van der Waals surface area contributed by atoms with Crippen molar-refractivity contribution in [3.8, 4) is 0 Å². The molecule has 1 atom stereocenters. The summed E-state index contributed by atoms with van der Waals surface area (Å²) in [4.78, 5) is 13.7. The summed E-state index contributed by atoms with van der Waals surface area (Å²) in [5.41, 5.74) is 8.77. The second-order valence-corrected chi connectivity index (χ2v) is 4.79. The van der Waals surface area contributed by atoms with Crippen LogP contribution >= 0.6 is 0 Å².